The van der Waals surface area contributed by atoms with Crippen LogP contribution in [-0.2, 0) is 11.2 Å². The molecule has 4 heteroatoms. The van der Waals surface area contributed by atoms with Crippen molar-refractivity contribution in [3.63, 3.8) is 0 Å². The summed E-state index contributed by atoms with van der Waals surface area (Å²) in [5, 5.41) is 0. The van der Waals surface area contributed by atoms with Gasteiger partial charge < -0.3 is 4.90 Å². The number of fused-ring (bicyclic) bond motifs is 1. The molecule has 0 fully saturated rings. The summed E-state index contributed by atoms with van der Waals surface area (Å²) < 4.78 is -0.563. The minimum absolute atomic E-state index is 0.0669. The van der Waals surface area contributed by atoms with Crippen molar-refractivity contribution in [3.8, 4) is 0 Å². The van der Waals surface area contributed by atoms with Crippen LogP contribution in [0.1, 0.15) is 50.0 Å². The number of nitrogens with zero attached hydrogens (tertiary/aromatic N) is 1. The molecular weight excluding hydrogens is 330 g/mol. The van der Waals surface area contributed by atoms with Gasteiger partial charge in [-0.15, -0.1) is 0 Å². The summed E-state index contributed by atoms with van der Waals surface area (Å²) in [4.78, 5) is 26.4. The molecule has 1 aromatic rings. The molecule has 0 saturated heterocycles. The van der Waals surface area contributed by atoms with Gasteiger partial charge in [0, 0.05) is 24.2 Å². The summed E-state index contributed by atoms with van der Waals surface area (Å²) >= 11 is 3.41. The van der Waals surface area contributed by atoms with E-state index >= 15 is 0 Å². The van der Waals surface area contributed by atoms with Crippen molar-refractivity contribution in [2.24, 2.45) is 5.92 Å². The molecule has 0 aromatic heterocycles. The monoisotopic (exact) mass is 351 g/mol. The molecule has 21 heavy (non-hydrogen) atoms. The summed E-state index contributed by atoms with van der Waals surface area (Å²) in [5.41, 5.74) is 2.76. The smallest absolute Gasteiger partial charge is 0.227 e. The molecule has 3 nitrogen and oxygen atoms in total. The van der Waals surface area contributed by atoms with Crippen molar-refractivity contribution < 1.29 is 9.59 Å². The maximum atomic E-state index is 12.3. The fraction of sp³-hybridized carbons (Fsp3) is 0.529. The van der Waals surface area contributed by atoms with Crippen LogP contribution in [0.2, 0.25) is 0 Å². The van der Waals surface area contributed by atoms with Crippen LogP contribution in [0.15, 0.2) is 18.2 Å². The highest BCUT2D eigenvalue weighted by Crippen LogP contribution is 2.32. The largest absolute Gasteiger partial charge is 0.312 e. The fourth-order valence-electron chi connectivity index (χ4n) is 2.60. The Bertz CT molecular complexity index is 573. The summed E-state index contributed by atoms with van der Waals surface area (Å²) in [5.74, 6) is 0.595. The van der Waals surface area contributed by atoms with E-state index in [1.807, 2.05) is 36.9 Å². The first-order valence-corrected chi connectivity index (χ1v) is 8.16. The third-order valence-corrected chi connectivity index (χ3v) is 4.02. The van der Waals surface area contributed by atoms with E-state index < -0.39 is 4.32 Å². The molecule has 0 radical (unpaired) electrons. The van der Waals surface area contributed by atoms with Crippen LogP contribution in [0.3, 0.4) is 0 Å². The molecule has 1 aliphatic heterocycles. The number of carbonyl (C=O) groups is 2. The number of alkyl halides is 1. The molecule has 114 valence electrons. The summed E-state index contributed by atoms with van der Waals surface area (Å²) in [6.07, 6.45) is 1.39. The molecule has 0 saturated carbocycles. The molecule has 2 rings (SSSR count). The van der Waals surface area contributed by atoms with Crippen LogP contribution >= 0.6 is 15.9 Å². The first-order valence-electron chi connectivity index (χ1n) is 7.37. The van der Waals surface area contributed by atoms with E-state index in [0.29, 0.717) is 17.9 Å². The third kappa shape index (κ3) is 3.54. The van der Waals surface area contributed by atoms with Gasteiger partial charge in [0.25, 0.3) is 0 Å². The van der Waals surface area contributed by atoms with Gasteiger partial charge in [0.1, 0.15) is 0 Å². The Labute approximate surface area is 134 Å². The standard InChI is InChI=1S/C17H22BrNO2/c1-11(2)9-15(20)19-8-7-12-10-13(5-6-14(12)19)16(21)17(3,4)18/h5-6,10-11H,7-9H2,1-4H3. The molecular formula is C17H22BrNO2. The molecule has 0 atom stereocenters. The van der Waals surface area contributed by atoms with E-state index in [-0.39, 0.29) is 11.7 Å². The zero-order chi connectivity index (χ0) is 15.8. The first-order chi connectivity index (χ1) is 9.70. The van der Waals surface area contributed by atoms with Crippen molar-refractivity contribution in [1.82, 2.24) is 0 Å². The van der Waals surface area contributed by atoms with Crippen LogP contribution < -0.4 is 4.90 Å². The second kappa shape index (κ2) is 5.91. The van der Waals surface area contributed by atoms with Gasteiger partial charge in [0.05, 0.1) is 4.32 Å². The highest BCUT2D eigenvalue weighted by atomic mass is 79.9. The molecule has 0 bridgehead atoms. The van der Waals surface area contributed by atoms with E-state index in [4.69, 9.17) is 0 Å². The number of halogens is 1. The zero-order valence-corrected chi connectivity index (χ0v) is 14.7. The lowest BCUT2D eigenvalue weighted by molar-refractivity contribution is -0.119. The van der Waals surface area contributed by atoms with Crippen molar-refractivity contribution >= 4 is 33.3 Å². The van der Waals surface area contributed by atoms with Gasteiger partial charge >= 0.3 is 0 Å². The highest BCUT2D eigenvalue weighted by molar-refractivity contribution is 9.10. The predicted octanol–water partition coefficient (Wildman–Crippen LogP) is 3.98. The number of carbonyl (C=O) groups excluding carboxylic acids is 2. The van der Waals surface area contributed by atoms with Gasteiger partial charge in [-0.3, -0.25) is 9.59 Å². The molecule has 1 aliphatic rings. The summed E-state index contributed by atoms with van der Waals surface area (Å²) in [6.45, 7) is 8.52. The van der Waals surface area contributed by atoms with Crippen molar-refractivity contribution in [2.45, 2.75) is 44.9 Å². The Balaban J connectivity index is 2.25. The Kier molecular flexibility index (Phi) is 4.57. The quantitative estimate of drug-likeness (QED) is 0.607. The number of ketones is 1. The average Bonchev–Trinajstić information content (AvgIpc) is 2.78. The number of rotatable bonds is 4. The van der Waals surface area contributed by atoms with Gasteiger partial charge in [0.2, 0.25) is 5.91 Å². The third-order valence-electron chi connectivity index (χ3n) is 3.66. The van der Waals surface area contributed by atoms with E-state index in [2.05, 4.69) is 29.8 Å². The summed E-state index contributed by atoms with van der Waals surface area (Å²) in [7, 11) is 0. The second-order valence-corrected chi connectivity index (χ2v) is 8.52. The maximum absolute atomic E-state index is 12.3. The molecule has 1 aromatic carbocycles. The van der Waals surface area contributed by atoms with Gasteiger partial charge in [-0.25, -0.2) is 0 Å². The number of anilines is 1. The lowest BCUT2D eigenvalue weighted by atomic mass is 9.98. The van der Waals surface area contributed by atoms with Crippen LogP contribution in [0.4, 0.5) is 5.69 Å². The Morgan fingerprint density at radius 3 is 2.57 bits per heavy atom. The Hall–Kier alpha value is -1.16. The number of hydrogen-bond donors (Lipinski definition) is 0. The second-order valence-electron chi connectivity index (χ2n) is 6.54. The Morgan fingerprint density at radius 2 is 2.00 bits per heavy atom. The van der Waals surface area contributed by atoms with E-state index in [9.17, 15) is 9.59 Å². The van der Waals surface area contributed by atoms with Gasteiger partial charge in [-0.1, -0.05) is 29.8 Å². The van der Waals surface area contributed by atoms with Crippen molar-refractivity contribution in [3.05, 3.63) is 29.3 Å². The minimum Gasteiger partial charge on any atom is -0.312 e. The number of benzene rings is 1. The molecule has 1 heterocycles. The van der Waals surface area contributed by atoms with Crippen LogP contribution in [0.5, 0.6) is 0 Å². The molecule has 0 aliphatic carbocycles. The predicted molar refractivity (Wildman–Crippen MR) is 89.3 cm³/mol. The topological polar surface area (TPSA) is 37.4 Å². The van der Waals surface area contributed by atoms with Gasteiger partial charge in [-0.2, -0.15) is 0 Å². The van der Waals surface area contributed by atoms with Gasteiger partial charge in [0.15, 0.2) is 5.78 Å². The molecule has 0 unspecified atom stereocenters. The fourth-order valence-corrected chi connectivity index (χ4v) is 2.83. The van der Waals surface area contributed by atoms with Crippen molar-refractivity contribution in [1.29, 1.82) is 0 Å². The minimum atomic E-state index is -0.563. The lowest BCUT2D eigenvalue weighted by Gasteiger charge is -2.19. The normalized spacial score (nSPS) is 14.5. The molecule has 0 spiro atoms. The Morgan fingerprint density at radius 1 is 1.33 bits per heavy atom. The number of Topliss-reactive ketones (excluding diaryl/α,β-unsaturated/α-hetero) is 1. The van der Waals surface area contributed by atoms with Crippen molar-refractivity contribution in [2.75, 3.05) is 11.4 Å². The molecule has 1 amide bonds. The van der Waals surface area contributed by atoms with Crippen LogP contribution in [0.25, 0.3) is 0 Å². The lowest BCUT2D eigenvalue weighted by Crippen LogP contribution is -2.29. The summed E-state index contributed by atoms with van der Waals surface area (Å²) in [6, 6.07) is 5.67. The zero-order valence-electron chi connectivity index (χ0n) is 13.1. The molecule has 0 N–H and O–H groups in total. The maximum Gasteiger partial charge on any atom is 0.227 e. The first kappa shape index (κ1) is 16.2. The van der Waals surface area contributed by atoms with Crippen LogP contribution in [0, 0.1) is 5.92 Å². The van der Waals surface area contributed by atoms with E-state index in [1.54, 1.807) is 0 Å². The van der Waals surface area contributed by atoms with E-state index in [1.165, 1.54) is 0 Å². The van der Waals surface area contributed by atoms with Crippen LogP contribution in [-0.4, -0.2) is 22.6 Å². The highest BCUT2D eigenvalue weighted by Gasteiger charge is 2.29. The average molecular weight is 352 g/mol. The SMILES string of the molecule is CC(C)CC(=O)N1CCc2cc(C(=O)C(C)(C)Br)ccc21. The number of hydrogen-bond acceptors (Lipinski definition) is 2. The van der Waals surface area contributed by atoms with Gasteiger partial charge in [-0.05, 0) is 49.9 Å². The number of amides is 1. The van der Waals surface area contributed by atoms with E-state index in [0.717, 1.165) is 24.2 Å².